The van der Waals surface area contributed by atoms with Gasteiger partial charge in [0.2, 0.25) is 5.91 Å². The molecule has 1 fully saturated rings. The van der Waals surface area contributed by atoms with Crippen molar-refractivity contribution in [3.8, 4) is 12.3 Å². The van der Waals surface area contributed by atoms with E-state index in [-0.39, 0.29) is 30.1 Å². The smallest absolute Gasteiger partial charge is 0.217 e. The number of ether oxygens (including phenoxy) is 1. The lowest BCUT2D eigenvalue weighted by Gasteiger charge is -2.41. The van der Waals surface area contributed by atoms with Gasteiger partial charge in [0.05, 0.1) is 18.2 Å². The molecule has 4 atom stereocenters. The van der Waals surface area contributed by atoms with Gasteiger partial charge in [0.1, 0.15) is 5.54 Å². The topological polar surface area (TPSA) is 41.6 Å². The van der Waals surface area contributed by atoms with Gasteiger partial charge in [-0.2, -0.15) is 0 Å². The van der Waals surface area contributed by atoms with Crippen molar-refractivity contribution in [2.45, 2.75) is 64.8 Å². The highest BCUT2D eigenvalue weighted by Crippen LogP contribution is 2.40. The molecule has 0 aromatic carbocycles. The van der Waals surface area contributed by atoms with Crippen molar-refractivity contribution < 1.29 is 9.53 Å². The third kappa shape index (κ3) is 3.41. The first-order chi connectivity index (χ1) is 9.66. The highest BCUT2D eigenvalue weighted by molar-refractivity contribution is 5.73. The number of rotatable bonds is 5. The average molecular weight is 294 g/mol. The maximum absolute atomic E-state index is 11.7. The summed E-state index contributed by atoms with van der Waals surface area (Å²) in [5, 5.41) is 3.06. The molecule has 0 radical (unpaired) electrons. The van der Waals surface area contributed by atoms with Crippen LogP contribution >= 0.6 is 0 Å². The van der Waals surface area contributed by atoms with Crippen LogP contribution in [0.2, 0.25) is 0 Å². The summed E-state index contributed by atoms with van der Waals surface area (Å²) in [6.45, 7) is 10.1. The van der Waals surface area contributed by atoms with Crippen LogP contribution in [0.3, 0.4) is 0 Å². The van der Waals surface area contributed by atoms with Gasteiger partial charge in [-0.1, -0.05) is 33.6 Å². The first-order valence-corrected chi connectivity index (χ1v) is 7.74. The van der Waals surface area contributed by atoms with E-state index in [4.69, 9.17) is 11.2 Å². The molecule has 0 bridgehead atoms. The third-order valence-electron chi connectivity index (χ3n) is 4.24. The summed E-state index contributed by atoms with van der Waals surface area (Å²) in [7, 11) is 3.93. The monoisotopic (exact) mass is 294 g/mol. The Bertz CT molecular complexity index is 412. The van der Waals surface area contributed by atoms with E-state index in [0.717, 1.165) is 6.42 Å². The normalized spacial score (nSPS) is 32.7. The Kier molecular flexibility index (Phi) is 5.83. The molecule has 1 amide bonds. The van der Waals surface area contributed by atoms with Crippen molar-refractivity contribution in [1.82, 2.24) is 10.2 Å². The van der Waals surface area contributed by atoms with E-state index in [2.05, 4.69) is 38.9 Å². The summed E-state index contributed by atoms with van der Waals surface area (Å²) in [6.07, 6.45) is 6.66. The number of nitrogens with one attached hydrogen (secondary N) is 1. The van der Waals surface area contributed by atoms with Crippen molar-refractivity contribution in [2.75, 3.05) is 14.1 Å². The summed E-state index contributed by atoms with van der Waals surface area (Å²) in [4.78, 5) is 13.7. The van der Waals surface area contributed by atoms with Crippen LogP contribution in [0.4, 0.5) is 0 Å². The molecule has 1 aliphatic heterocycles. The molecule has 0 aliphatic carbocycles. The predicted molar refractivity (Wildman–Crippen MR) is 85.8 cm³/mol. The van der Waals surface area contributed by atoms with E-state index in [9.17, 15) is 4.79 Å². The number of likely N-dealkylation sites (N-methyl/N-ethyl adjacent to an activating group) is 1. The number of carbonyl (C=O) groups excluding carboxylic acids is 1. The number of carbonyl (C=O) groups is 1. The zero-order valence-corrected chi connectivity index (χ0v) is 14.4. The molecule has 21 heavy (non-hydrogen) atoms. The van der Waals surface area contributed by atoms with E-state index in [0.29, 0.717) is 5.92 Å². The average Bonchev–Trinajstić information content (AvgIpc) is 2.63. The number of hydrogen-bond donors (Lipinski definition) is 1. The van der Waals surface area contributed by atoms with Crippen LogP contribution in [0.5, 0.6) is 0 Å². The molecule has 0 aromatic heterocycles. The standard InChI is InChI=1S/C17H30N2O2/c1-9-17(19(7)8)15(18-13(6)20)14(10-11(2)3)21-16(17)12(4)5/h1,11-12,14-16H,10H2,2-8H3,(H,18,20)/t14-,15+,16+,17-/m1/s1. The van der Waals surface area contributed by atoms with Gasteiger partial charge in [0.25, 0.3) is 0 Å². The molecule has 1 heterocycles. The third-order valence-corrected chi connectivity index (χ3v) is 4.24. The molecule has 1 aliphatic rings. The van der Waals surface area contributed by atoms with Gasteiger partial charge in [0.15, 0.2) is 0 Å². The van der Waals surface area contributed by atoms with Gasteiger partial charge in [0, 0.05) is 6.92 Å². The van der Waals surface area contributed by atoms with E-state index >= 15 is 0 Å². The Balaban J connectivity index is 3.28. The zero-order chi connectivity index (χ0) is 16.4. The van der Waals surface area contributed by atoms with Gasteiger partial charge in [-0.05, 0) is 32.4 Å². The van der Waals surface area contributed by atoms with Gasteiger partial charge < -0.3 is 10.1 Å². The first-order valence-electron chi connectivity index (χ1n) is 7.74. The van der Waals surface area contributed by atoms with Crippen molar-refractivity contribution in [3.63, 3.8) is 0 Å². The number of hydrogen-bond acceptors (Lipinski definition) is 3. The summed E-state index contributed by atoms with van der Waals surface area (Å²) in [6, 6.07) is -0.190. The Labute approximate surface area is 129 Å². The second kappa shape index (κ2) is 6.81. The molecule has 4 nitrogen and oxygen atoms in total. The second-order valence-electron chi connectivity index (χ2n) is 7.01. The molecule has 4 heteroatoms. The minimum Gasteiger partial charge on any atom is -0.369 e. The largest absolute Gasteiger partial charge is 0.369 e. The van der Waals surface area contributed by atoms with E-state index in [1.165, 1.54) is 6.92 Å². The molecule has 0 unspecified atom stereocenters. The fourth-order valence-electron chi connectivity index (χ4n) is 3.41. The molecular formula is C17H30N2O2. The van der Waals surface area contributed by atoms with Crippen molar-refractivity contribution in [2.24, 2.45) is 11.8 Å². The van der Waals surface area contributed by atoms with E-state index in [1.807, 2.05) is 19.0 Å². The molecule has 0 spiro atoms. The maximum atomic E-state index is 11.7. The first kappa shape index (κ1) is 18.0. The van der Waals surface area contributed by atoms with E-state index in [1.54, 1.807) is 0 Å². The number of amides is 1. The fourth-order valence-corrected chi connectivity index (χ4v) is 3.41. The minimum atomic E-state index is -0.612. The molecule has 1 rings (SSSR count). The lowest BCUT2D eigenvalue weighted by Crippen LogP contribution is -2.64. The molecule has 0 saturated carbocycles. The van der Waals surface area contributed by atoms with Gasteiger partial charge in [-0.15, -0.1) is 6.42 Å². The van der Waals surface area contributed by atoms with Crippen LogP contribution in [0.15, 0.2) is 0 Å². The SMILES string of the molecule is C#C[C@]1(N(C)C)[C@H](C(C)C)O[C@H](CC(C)C)[C@@H]1NC(C)=O. The van der Waals surface area contributed by atoms with Gasteiger partial charge in [-0.25, -0.2) is 0 Å². The Morgan fingerprint density at radius 1 is 1.38 bits per heavy atom. The van der Waals surface area contributed by atoms with Crippen molar-refractivity contribution in [3.05, 3.63) is 0 Å². The maximum Gasteiger partial charge on any atom is 0.217 e. The fraction of sp³-hybridized carbons (Fsp3) is 0.824. The summed E-state index contributed by atoms with van der Waals surface area (Å²) >= 11 is 0. The van der Waals surface area contributed by atoms with Gasteiger partial charge in [-0.3, -0.25) is 9.69 Å². The molecule has 1 N–H and O–H groups in total. The van der Waals surface area contributed by atoms with Crippen LogP contribution in [0.25, 0.3) is 0 Å². The highest BCUT2D eigenvalue weighted by Gasteiger charge is 2.58. The minimum absolute atomic E-state index is 0.0558. The Morgan fingerprint density at radius 2 is 1.95 bits per heavy atom. The lowest BCUT2D eigenvalue weighted by molar-refractivity contribution is -0.120. The van der Waals surface area contributed by atoms with Crippen LogP contribution in [-0.2, 0) is 9.53 Å². The lowest BCUT2D eigenvalue weighted by atomic mass is 9.78. The molecule has 1 saturated heterocycles. The summed E-state index contributed by atoms with van der Waals surface area (Å²) < 4.78 is 6.32. The molecule has 120 valence electrons. The highest BCUT2D eigenvalue weighted by atomic mass is 16.5. The summed E-state index contributed by atoms with van der Waals surface area (Å²) in [5.74, 6) is 3.64. The Hall–Kier alpha value is -1.05. The predicted octanol–water partition coefficient (Wildman–Crippen LogP) is 1.89. The van der Waals surface area contributed by atoms with Crippen LogP contribution in [0, 0.1) is 24.2 Å². The molecular weight excluding hydrogens is 264 g/mol. The van der Waals surface area contributed by atoms with Crippen LogP contribution in [-0.4, -0.2) is 48.7 Å². The number of terminal acetylenes is 1. The second-order valence-corrected chi connectivity index (χ2v) is 7.01. The summed E-state index contributed by atoms with van der Waals surface area (Å²) in [5.41, 5.74) is -0.612. The van der Waals surface area contributed by atoms with Crippen molar-refractivity contribution >= 4 is 5.91 Å². The van der Waals surface area contributed by atoms with Gasteiger partial charge >= 0.3 is 0 Å². The zero-order valence-electron chi connectivity index (χ0n) is 14.4. The molecule has 0 aromatic rings. The van der Waals surface area contributed by atoms with Crippen molar-refractivity contribution in [1.29, 1.82) is 0 Å². The quantitative estimate of drug-likeness (QED) is 0.787. The Morgan fingerprint density at radius 3 is 2.29 bits per heavy atom. The van der Waals surface area contributed by atoms with Crippen LogP contribution in [0.1, 0.15) is 41.0 Å². The van der Waals surface area contributed by atoms with Crippen LogP contribution < -0.4 is 5.32 Å². The number of nitrogens with zero attached hydrogens (tertiary/aromatic N) is 1. The van der Waals surface area contributed by atoms with E-state index < -0.39 is 5.54 Å².